The Morgan fingerprint density at radius 1 is 1.16 bits per heavy atom. The summed E-state index contributed by atoms with van der Waals surface area (Å²) in [6, 6.07) is 11.7. The van der Waals surface area contributed by atoms with Crippen LogP contribution in [-0.4, -0.2) is 21.5 Å². The summed E-state index contributed by atoms with van der Waals surface area (Å²) in [7, 11) is 0. The lowest BCUT2D eigenvalue weighted by atomic mass is 10.3. The molecule has 0 saturated heterocycles. The van der Waals surface area contributed by atoms with Gasteiger partial charge >= 0.3 is 0 Å². The average molecular weight is 253 g/mol. The number of fused-ring (bicyclic) bond motifs is 1. The van der Waals surface area contributed by atoms with Crippen LogP contribution in [0.15, 0.2) is 42.6 Å². The van der Waals surface area contributed by atoms with Gasteiger partial charge in [-0.2, -0.15) is 0 Å². The topological polar surface area (TPSA) is 79.6 Å². The van der Waals surface area contributed by atoms with Gasteiger partial charge in [0.05, 0.1) is 16.7 Å². The maximum absolute atomic E-state index is 5.81. The molecule has 0 bridgehead atoms. The molecule has 0 fully saturated rings. The van der Waals surface area contributed by atoms with Gasteiger partial charge in [-0.25, -0.2) is 9.97 Å². The lowest BCUT2D eigenvalue weighted by Crippen LogP contribution is -2.08. The number of nitrogens with one attached hydrogen (secondary N) is 2. The van der Waals surface area contributed by atoms with E-state index in [0.29, 0.717) is 5.69 Å². The number of nitrogens with zero attached hydrogens (tertiary/aromatic N) is 2. The minimum Gasteiger partial charge on any atom is -0.396 e. The molecule has 19 heavy (non-hydrogen) atoms. The second-order valence-electron chi connectivity index (χ2n) is 4.32. The fraction of sp³-hybridized carbons (Fsp3) is 0.143. The molecule has 0 spiro atoms. The van der Waals surface area contributed by atoms with Gasteiger partial charge in [-0.1, -0.05) is 12.1 Å². The number of nitrogen functional groups attached to an aromatic ring is 1. The van der Waals surface area contributed by atoms with E-state index < -0.39 is 0 Å². The maximum atomic E-state index is 5.81. The van der Waals surface area contributed by atoms with Crippen LogP contribution in [0, 0.1) is 0 Å². The highest BCUT2D eigenvalue weighted by Crippen LogP contribution is 2.13. The van der Waals surface area contributed by atoms with Gasteiger partial charge < -0.3 is 16.0 Å². The number of para-hydroxylation sites is 2. The number of hydrogen-bond acceptors (Lipinski definition) is 4. The molecule has 0 aliphatic heterocycles. The highest BCUT2D eigenvalue weighted by Gasteiger charge is 2.02. The Hall–Kier alpha value is -2.56. The highest BCUT2D eigenvalue weighted by molar-refractivity contribution is 5.74. The van der Waals surface area contributed by atoms with E-state index in [4.69, 9.17) is 5.73 Å². The van der Waals surface area contributed by atoms with Crippen LogP contribution in [0.4, 0.5) is 11.5 Å². The summed E-state index contributed by atoms with van der Waals surface area (Å²) >= 11 is 0. The first-order valence-electron chi connectivity index (χ1n) is 6.21. The van der Waals surface area contributed by atoms with Crippen molar-refractivity contribution < 1.29 is 0 Å². The van der Waals surface area contributed by atoms with Crippen molar-refractivity contribution in [3.8, 4) is 0 Å². The van der Waals surface area contributed by atoms with E-state index in [9.17, 15) is 0 Å². The van der Waals surface area contributed by atoms with E-state index in [1.54, 1.807) is 6.20 Å². The second-order valence-corrected chi connectivity index (χ2v) is 4.32. The van der Waals surface area contributed by atoms with Gasteiger partial charge in [-0.15, -0.1) is 0 Å². The third kappa shape index (κ3) is 2.49. The van der Waals surface area contributed by atoms with Crippen molar-refractivity contribution in [2.75, 3.05) is 17.6 Å². The summed E-state index contributed by atoms with van der Waals surface area (Å²) in [4.78, 5) is 12.0. The van der Waals surface area contributed by atoms with Crippen molar-refractivity contribution in [2.24, 2.45) is 0 Å². The van der Waals surface area contributed by atoms with Crippen LogP contribution >= 0.6 is 0 Å². The lowest BCUT2D eigenvalue weighted by molar-refractivity contribution is 0.929. The number of rotatable bonds is 4. The van der Waals surface area contributed by atoms with Crippen molar-refractivity contribution in [1.82, 2.24) is 15.0 Å². The second kappa shape index (κ2) is 4.97. The number of H-pyrrole nitrogens is 1. The quantitative estimate of drug-likeness (QED) is 0.666. The summed E-state index contributed by atoms with van der Waals surface area (Å²) in [5, 5.41) is 3.21. The van der Waals surface area contributed by atoms with E-state index >= 15 is 0 Å². The first kappa shape index (κ1) is 11.5. The molecule has 0 aliphatic carbocycles. The molecule has 0 unspecified atom stereocenters. The Balaban J connectivity index is 1.65. The van der Waals surface area contributed by atoms with Crippen molar-refractivity contribution in [3.63, 3.8) is 0 Å². The number of pyridine rings is 1. The molecule has 1 aromatic carbocycles. The van der Waals surface area contributed by atoms with Gasteiger partial charge in [0.2, 0.25) is 0 Å². The number of aromatic nitrogens is 3. The van der Waals surface area contributed by atoms with Crippen molar-refractivity contribution in [1.29, 1.82) is 0 Å². The molecule has 0 saturated carbocycles. The zero-order valence-electron chi connectivity index (χ0n) is 10.4. The molecule has 0 atom stereocenters. The number of benzene rings is 1. The Morgan fingerprint density at radius 3 is 2.89 bits per heavy atom. The van der Waals surface area contributed by atoms with Crippen LogP contribution in [-0.2, 0) is 6.42 Å². The Bertz CT molecular complexity index is 656. The summed E-state index contributed by atoms with van der Waals surface area (Å²) in [5.74, 6) is 1.68. The number of aromatic amines is 1. The highest BCUT2D eigenvalue weighted by atomic mass is 15.0. The monoisotopic (exact) mass is 253 g/mol. The minimum absolute atomic E-state index is 0.659. The average Bonchev–Trinajstić information content (AvgIpc) is 2.83. The molecule has 5 nitrogen and oxygen atoms in total. The molecule has 0 amide bonds. The Kier molecular flexibility index (Phi) is 3.02. The molecule has 2 heterocycles. The third-order valence-electron chi connectivity index (χ3n) is 2.93. The third-order valence-corrected chi connectivity index (χ3v) is 2.93. The van der Waals surface area contributed by atoms with E-state index in [-0.39, 0.29) is 0 Å². The standard InChI is InChI=1S/C14H15N5/c15-10-4-3-8-16-14(10)17-9-7-13-18-11-5-1-2-6-12(11)19-13/h1-6,8H,7,9,15H2,(H,16,17)(H,18,19). The SMILES string of the molecule is Nc1cccnc1NCCc1nc2ccccc2[nH]1. The summed E-state index contributed by atoms with van der Waals surface area (Å²) in [5.41, 5.74) is 8.53. The van der Waals surface area contributed by atoms with Crippen LogP contribution in [0.1, 0.15) is 5.82 Å². The van der Waals surface area contributed by atoms with Crippen molar-refractivity contribution in [2.45, 2.75) is 6.42 Å². The van der Waals surface area contributed by atoms with Crippen LogP contribution in [0.2, 0.25) is 0 Å². The number of imidazole rings is 1. The van der Waals surface area contributed by atoms with Gasteiger partial charge in [0.1, 0.15) is 11.6 Å². The number of anilines is 2. The summed E-state index contributed by atoms with van der Waals surface area (Å²) in [6.45, 7) is 0.737. The normalized spacial score (nSPS) is 10.7. The lowest BCUT2D eigenvalue weighted by Gasteiger charge is -2.06. The van der Waals surface area contributed by atoms with E-state index in [1.807, 2.05) is 36.4 Å². The van der Waals surface area contributed by atoms with Crippen LogP contribution in [0.25, 0.3) is 11.0 Å². The predicted octanol–water partition coefficient (Wildman–Crippen LogP) is 2.19. The maximum Gasteiger partial charge on any atom is 0.149 e. The van der Waals surface area contributed by atoms with E-state index in [1.165, 1.54) is 0 Å². The summed E-state index contributed by atoms with van der Waals surface area (Å²) < 4.78 is 0. The molecule has 3 aromatic rings. The van der Waals surface area contributed by atoms with Gasteiger partial charge in [0.25, 0.3) is 0 Å². The fourth-order valence-electron chi connectivity index (χ4n) is 1.99. The fourth-order valence-corrected chi connectivity index (χ4v) is 1.99. The van der Waals surface area contributed by atoms with Gasteiger partial charge in [0.15, 0.2) is 0 Å². The van der Waals surface area contributed by atoms with E-state index in [0.717, 1.165) is 35.6 Å². The molecule has 4 N–H and O–H groups in total. The molecule has 96 valence electrons. The molecular formula is C14H15N5. The van der Waals surface area contributed by atoms with Crippen molar-refractivity contribution in [3.05, 3.63) is 48.4 Å². The molecule has 0 aliphatic rings. The predicted molar refractivity (Wildman–Crippen MR) is 76.9 cm³/mol. The zero-order valence-corrected chi connectivity index (χ0v) is 10.4. The Labute approximate surface area is 110 Å². The smallest absolute Gasteiger partial charge is 0.149 e. The van der Waals surface area contributed by atoms with Gasteiger partial charge in [-0.05, 0) is 24.3 Å². The van der Waals surface area contributed by atoms with Crippen LogP contribution in [0.3, 0.4) is 0 Å². The zero-order chi connectivity index (χ0) is 13.1. The van der Waals surface area contributed by atoms with Crippen LogP contribution in [0.5, 0.6) is 0 Å². The van der Waals surface area contributed by atoms with E-state index in [2.05, 4.69) is 20.3 Å². The van der Waals surface area contributed by atoms with Crippen LogP contribution < -0.4 is 11.1 Å². The van der Waals surface area contributed by atoms with Crippen molar-refractivity contribution >= 4 is 22.5 Å². The van der Waals surface area contributed by atoms with Gasteiger partial charge in [-0.3, -0.25) is 0 Å². The minimum atomic E-state index is 0.659. The number of nitrogens with two attached hydrogens (primary N) is 1. The molecule has 3 rings (SSSR count). The summed E-state index contributed by atoms with van der Waals surface area (Å²) in [6.07, 6.45) is 2.52. The first-order chi connectivity index (χ1) is 9.33. The first-order valence-corrected chi connectivity index (χ1v) is 6.21. The molecule has 0 radical (unpaired) electrons. The molecule has 5 heteroatoms. The van der Waals surface area contributed by atoms with Gasteiger partial charge in [0, 0.05) is 19.2 Å². The molecule has 2 aromatic heterocycles. The largest absolute Gasteiger partial charge is 0.396 e. The molecular weight excluding hydrogens is 238 g/mol. The number of hydrogen-bond donors (Lipinski definition) is 3. The Morgan fingerprint density at radius 2 is 2.05 bits per heavy atom.